The van der Waals surface area contributed by atoms with E-state index >= 15 is 0 Å². The van der Waals surface area contributed by atoms with Gasteiger partial charge in [-0.1, -0.05) is 26.2 Å². The first-order valence-electron chi connectivity index (χ1n) is 12.1. The second kappa shape index (κ2) is 12.1. The Morgan fingerprint density at radius 1 is 1.25 bits per heavy atom. The second-order valence-electron chi connectivity index (χ2n) is 9.31. The number of carbonyl (C=O) groups excluding carboxylic acids is 1. The third kappa shape index (κ3) is 6.60. The van der Waals surface area contributed by atoms with Crippen molar-refractivity contribution in [1.29, 1.82) is 5.26 Å². The van der Waals surface area contributed by atoms with E-state index in [4.69, 9.17) is 10.00 Å². The fourth-order valence-electron chi connectivity index (χ4n) is 5.25. The molecule has 1 aromatic carbocycles. The number of aliphatic hydroxyl groups excluding tert-OH is 1. The molecule has 3 rings (SSSR count). The van der Waals surface area contributed by atoms with Gasteiger partial charge in [-0.2, -0.15) is 5.26 Å². The van der Waals surface area contributed by atoms with E-state index in [9.17, 15) is 9.90 Å². The van der Waals surface area contributed by atoms with Crippen LogP contribution in [0.4, 0.5) is 4.79 Å². The summed E-state index contributed by atoms with van der Waals surface area (Å²) in [5.74, 6) is 1.57. The molecule has 2 fully saturated rings. The fourth-order valence-corrected chi connectivity index (χ4v) is 5.25. The van der Waals surface area contributed by atoms with Gasteiger partial charge < -0.3 is 20.1 Å². The van der Waals surface area contributed by atoms with Crippen molar-refractivity contribution in [2.75, 3.05) is 39.8 Å². The van der Waals surface area contributed by atoms with Crippen LogP contribution in [0.5, 0.6) is 5.75 Å². The molecule has 7 nitrogen and oxygen atoms in total. The number of nitrogens with zero attached hydrogens (tertiary/aromatic N) is 3. The van der Waals surface area contributed by atoms with Crippen LogP contribution in [-0.2, 0) is 0 Å². The Morgan fingerprint density at radius 2 is 1.94 bits per heavy atom. The van der Waals surface area contributed by atoms with Crippen molar-refractivity contribution in [3.05, 3.63) is 29.8 Å². The quantitative estimate of drug-likeness (QED) is 0.514. The van der Waals surface area contributed by atoms with Crippen molar-refractivity contribution in [1.82, 2.24) is 15.1 Å². The molecule has 0 spiro atoms. The number of rotatable bonds is 11. The first-order chi connectivity index (χ1) is 15.5. The summed E-state index contributed by atoms with van der Waals surface area (Å²) in [6, 6.07) is 9.34. The average molecular weight is 443 g/mol. The molecule has 1 aliphatic heterocycles. The van der Waals surface area contributed by atoms with E-state index in [1.807, 2.05) is 11.9 Å². The number of benzene rings is 1. The lowest BCUT2D eigenvalue weighted by Crippen LogP contribution is -2.56. The van der Waals surface area contributed by atoms with Crippen molar-refractivity contribution in [3.8, 4) is 11.8 Å². The number of carbonyl (C=O) groups is 1. The Hall–Kier alpha value is -2.30. The van der Waals surface area contributed by atoms with E-state index in [-0.39, 0.29) is 18.7 Å². The molecule has 0 aromatic heterocycles. The Morgan fingerprint density at radius 3 is 2.56 bits per heavy atom. The van der Waals surface area contributed by atoms with Crippen molar-refractivity contribution >= 4 is 6.03 Å². The summed E-state index contributed by atoms with van der Waals surface area (Å²) in [6.45, 7) is 5.55. The van der Waals surface area contributed by atoms with Gasteiger partial charge in [-0.3, -0.25) is 4.90 Å². The van der Waals surface area contributed by atoms with Crippen molar-refractivity contribution in [2.45, 2.75) is 57.6 Å². The average Bonchev–Trinajstić information content (AvgIpc) is 3.07. The molecule has 1 aliphatic carbocycles. The molecule has 0 radical (unpaired) electrons. The number of unbranched alkanes of at least 4 members (excludes halogenated alkanes) is 3. The molecule has 7 heteroatoms. The number of likely N-dealkylation sites (tertiary alicyclic amines) is 1. The van der Waals surface area contributed by atoms with Gasteiger partial charge in [-0.05, 0) is 55.4 Å². The monoisotopic (exact) mass is 442 g/mol. The second-order valence-corrected chi connectivity index (χ2v) is 9.31. The molecular formula is C25H38N4O3. The third-order valence-electron chi connectivity index (χ3n) is 6.83. The summed E-state index contributed by atoms with van der Waals surface area (Å²) in [7, 11) is 1.94. The lowest BCUT2D eigenvalue weighted by atomic mass is 9.91. The number of ether oxygens (including phenoxy) is 1. The van der Waals surface area contributed by atoms with Crippen LogP contribution in [-0.4, -0.2) is 72.9 Å². The van der Waals surface area contributed by atoms with Crippen molar-refractivity contribution in [2.24, 2.45) is 11.8 Å². The number of urea groups is 1. The van der Waals surface area contributed by atoms with Gasteiger partial charge in [0.1, 0.15) is 18.5 Å². The lowest BCUT2D eigenvalue weighted by Gasteiger charge is -2.42. The van der Waals surface area contributed by atoms with Crippen LogP contribution < -0.4 is 10.1 Å². The summed E-state index contributed by atoms with van der Waals surface area (Å²) in [5.41, 5.74) is 0.589. The number of amides is 2. The van der Waals surface area contributed by atoms with Gasteiger partial charge in [-0.25, -0.2) is 4.79 Å². The predicted molar refractivity (Wildman–Crippen MR) is 124 cm³/mol. The lowest BCUT2D eigenvalue weighted by molar-refractivity contribution is 0.0263. The molecule has 2 aliphatic rings. The predicted octanol–water partition coefficient (Wildman–Crippen LogP) is 3.23. The van der Waals surface area contributed by atoms with Crippen LogP contribution in [0.25, 0.3) is 0 Å². The van der Waals surface area contributed by atoms with Crippen LogP contribution in [0.15, 0.2) is 24.3 Å². The Balaban J connectivity index is 1.41. The summed E-state index contributed by atoms with van der Waals surface area (Å²) < 4.78 is 5.68. The SMILES string of the molecule is CCCCCCNC(=O)N(C)C1C2CCC1CN(CC(O)COc1ccc(C#N)cc1)C2. The van der Waals surface area contributed by atoms with E-state index in [2.05, 4.69) is 23.2 Å². The van der Waals surface area contributed by atoms with Crippen LogP contribution in [0.2, 0.25) is 0 Å². The third-order valence-corrected chi connectivity index (χ3v) is 6.83. The van der Waals surface area contributed by atoms with Crippen LogP contribution in [0.1, 0.15) is 51.0 Å². The molecule has 176 valence electrons. The Bertz CT molecular complexity index is 749. The van der Waals surface area contributed by atoms with Gasteiger partial charge in [-0.15, -0.1) is 0 Å². The van der Waals surface area contributed by atoms with Crippen LogP contribution in [0.3, 0.4) is 0 Å². The van der Waals surface area contributed by atoms with Gasteiger partial charge in [0, 0.05) is 39.3 Å². The first-order valence-corrected chi connectivity index (χ1v) is 12.1. The van der Waals surface area contributed by atoms with Crippen molar-refractivity contribution < 1.29 is 14.6 Å². The zero-order valence-electron chi connectivity index (χ0n) is 19.5. The molecule has 3 unspecified atom stereocenters. The molecule has 32 heavy (non-hydrogen) atoms. The molecule has 3 atom stereocenters. The number of aliphatic hydroxyl groups is 1. The maximum atomic E-state index is 12.6. The summed E-state index contributed by atoms with van der Waals surface area (Å²) in [5, 5.41) is 22.4. The maximum absolute atomic E-state index is 12.6. The van der Waals surface area contributed by atoms with E-state index in [1.165, 1.54) is 19.3 Å². The molecule has 2 N–H and O–H groups in total. The molecule has 2 bridgehead atoms. The first kappa shape index (κ1) is 24.3. The Kier molecular flexibility index (Phi) is 9.19. The maximum Gasteiger partial charge on any atom is 0.317 e. The minimum atomic E-state index is -0.578. The topological polar surface area (TPSA) is 88.8 Å². The van der Waals surface area contributed by atoms with E-state index in [1.54, 1.807) is 24.3 Å². The number of nitriles is 1. The number of hydrogen-bond donors (Lipinski definition) is 2. The highest BCUT2D eigenvalue weighted by Crippen LogP contribution is 2.39. The number of piperidine rings is 1. The van der Waals surface area contributed by atoms with Gasteiger partial charge >= 0.3 is 6.03 Å². The zero-order chi connectivity index (χ0) is 22.9. The fraction of sp³-hybridized carbons (Fsp3) is 0.680. The minimum absolute atomic E-state index is 0.0488. The molecule has 1 saturated heterocycles. The highest BCUT2D eigenvalue weighted by atomic mass is 16.5. The molecule has 1 saturated carbocycles. The van der Waals surface area contributed by atoms with E-state index in [0.29, 0.717) is 29.7 Å². The number of β-amino-alcohol motifs (C(OH)–C–C–N with tert-alkyl or cyclic N) is 1. The summed E-state index contributed by atoms with van der Waals surface area (Å²) in [4.78, 5) is 16.9. The molecular weight excluding hydrogens is 404 g/mol. The molecule has 2 amide bonds. The molecule has 1 aromatic rings. The summed E-state index contributed by atoms with van der Waals surface area (Å²) >= 11 is 0. The smallest absolute Gasteiger partial charge is 0.317 e. The summed E-state index contributed by atoms with van der Waals surface area (Å²) in [6.07, 6.45) is 6.33. The number of hydrogen-bond acceptors (Lipinski definition) is 5. The highest BCUT2D eigenvalue weighted by Gasteiger charge is 2.45. The molecule has 1 heterocycles. The van der Waals surface area contributed by atoms with Crippen LogP contribution in [0, 0.1) is 23.2 Å². The zero-order valence-corrected chi connectivity index (χ0v) is 19.5. The normalized spacial score (nSPS) is 23.4. The van der Waals surface area contributed by atoms with Gasteiger partial charge in [0.2, 0.25) is 0 Å². The van der Waals surface area contributed by atoms with E-state index < -0.39 is 6.10 Å². The van der Waals surface area contributed by atoms with Crippen molar-refractivity contribution in [3.63, 3.8) is 0 Å². The Labute approximate surface area is 192 Å². The highest BCUT2D eigenvalue weighted by molar-refractivity contribution is 5.74. The van der Waals surface area contributed by atoms with E-state index in [0.717, 1.165) is 38.9 Å². The van der Waals surface area contributed by atoms with Gasteiger partial charge in [0.05, 0.1) is 11.6 Å². The standard InChI is InChI=1S/C25H38N4O3/c1-3-4-5-6-13-27-25(31)28(2)24-20-9-10-21(24)16-29(15-20)17-22(30)18-32-23-11-7-19(14-26)8-12-23/h7-8,11-12,20-22,24,30H,3-6,9-10,13,15-18H2,1-2H3,(H,27,31). The largest absolute Gasteiger partial charge is 0.491 e. The number of nitrogens with one attached hydrogen (secondary N) is 1. The number of fused-ring (bicyclic) bond motifs is 2. The van der Waals surface area contributed by atoms with Crippen LogP contribution >= 0.6 is 0 Å². The van der Waals surface area contributed by atoms with Gasteiger partial charge in [0.15, 0.2) is 0 Å². The van der Waals surface area contributed by atoms with Gasteiger partial charge in [0.25, 0.3) is 0 Å². The minimum Gasteiger partial charge on any atom is -0.491 e.